The van der Waals surface area contributed by atoms with Gasteiger partial charge in [-0.05, 0) is 43.5 Å². The van der Waals surface area contributed by atoms with Crippen molar-refractivity contribution >= 4 is 24.7 Å². The van der Waals surface area contributed by atoms with Gasteiger partial charge in [0.2, 0.25) is 0 Å². The Morgan fingerprint density at radius 3 is 2.22 bits per heavy atom. The topological polar surface area (TPSA) is 83.1 Å². The fourth-order valence-electron chi connectivity index (χ4n) is 3.06. The van der Waals surface area contributed by atoms with E-state index in [0.717, 1.165) is 18.4 Å². The molecule has 0 unspecified atom stereocenters. The number of benzene rings is 1. The van der Waals surface area contributed by atoms with Gasteiger partial charge in [0.15, 0.2) is 0 Å². The molecule has 3 aromatic rings. The number of carbonyl (C=O) groups excluding carboxylic acids is 2. The number of fused-ring (bicyclic) bond motifs is 1. The summed E-state index contributed by atoms with van der Waals surface area (Å²) in [5.74, 6) is -0.474. The van der Waals surface area contributed by atoms with E-state index in [1.54, 1.807) is 36.7 Å². The second-order valence-electron chi connectivity index (χ2n) is 6.11. The molecule has 0 atom stereocenters. The Kier molecular flexibility index (Phi) is 5.89. The molecule has 2 heterocycles. The van der Waals surface area contributed by atoms with Gasteiger partial charge in [-0.25, -0.2) is 13.8 Å². The van der Waals surface area contributed by atoms with Gasteiger partial charge in [0.25, 0.3) is 5.56 Å². The van der Waals surface area contributed by atoms with Crippen LogP contribution in [0.3, 0.4) is 0 Å². The number of halogens is 1. The minimum absolute atomic E-state index is 0.136. The van der Waals surface area contributed by atoms with Crippen LogP contribution in [0.5, 0.6) is 0 Å². The Morgan fingerprint density at radius 2 is 1.67 bits per heavy atom. The van der Waals surface area contributed by atoms with Gasteiger partial charge in [0.05, 0.1) is 11.2 Å². The van der Waals surface area contributed by atoms with Crippen LogP contribution >= 0.6 is 0 Å². The number of aromatic nitrogens is 3. The van der Waals surface area contributed by atoms with Crippen molar-refractivity contribution in [3.8, 4) is 5.69 Å². The molecule has 0 saturated heterocycles. The number of aryl methyl sites for hydroxylation is 2. The Morgan fingerprint density at radius 1 is 1.04 bits per heavy atom. The van der Waals surface area contributed by atoms with Crippen LogP contribution in [0.1, 0.15) is 24.4 Å². The summed E-state index contributed by atoms with van der Waals surface area (Å²) in [6.45, 7) is 5.79. The number of hydrogen-bond donors (Lipinski definition) is 0. The molecule has 8 heteroatoms. The van der Waals surface area contributed by atoms with Crippen molar-refractivity contribution in [1.29, 1.82) is 0 Å². The summed E-state index contributed by atoms with van der Waals surface area (Å²) in [5, 5.41) is 0. The smallest absolute Gasteiger partial charge is 0.307 e. The van der Waals surface area contributed by atoms with E-state index < -0.39 is 5.82 Å². The maximum absolute atomic E-state index is 14.4. The number of carbonyl (C=O) groups is 2. The second kappa shape index (κ2) is 7.94. The van der Waals surface area contributed by atoms with E-state index in [0.29, 0.717) is 11.2 Å². The summed E-state index contributed by atoms with van der Waals surface area (Å²) in [6, 6.07) is 7.96. The van der Waals surface area contributed by atoms with Crippen molar-refractivity contribution in [3.05, 3.63) is 62.6 Å². The third kappa shape index (κ3) is 3.38. The van der Waals surface area contributed by atoms with Crippen molar-refractivity contribution in [2.24, 2.45) is 7.05 Å². The zero-order chi connectivity index (χ0) is 20.3. The molecule has 27 heavy (non-hydrogen) atoms. The molecule has 1 aromatic carbocycles. The second-order valence-corrected chi connectivity index (χ2v) is 6.11. The normalized spacial score (nSPS) is 12.7. The lowest BCUT2D eigenvalue weighted by atomic mass is 10.2. The number of imidazole rings is 1. The van der Waals surface area contributed by atoms with Crippen LogP contribution < -0.4 is 11.2 Å². The monoisotopic (exact) mass is 373 g/mol. The van der Waals surface area contributed by atoms with Crippen LogP contribution in [0.2, 0.25) is 0 Å². The Balaban J connectivity index is 0.000000614. The van der Waals surface area contributed by atoms with Crippen molar-refractivity contribution < 1.29 is 14.0 Å². The predicted molar refractivity (Wildman–Crippen MR) is 100.0 cm³/mol. The van der Waals surface area contributed by atoms with Gasteiger partial charge in [-0.3, -0.25) is 13.9 Å². The SMILES string of the molecule is C=O.C=O.Cc1ccc(-n2c(=O)n(C3CC3)c3ccc(=O)n(C)c32)c(F)c1. The third-order valence-electron chi connectivity index (χ3n) is 4.39. The van der Waals surface area contributed by atoms with E-state index >= 15 is 0 Å². The van der Waals surface area contributed by atoms with E-state index in [4.69, 9.17) is 9.59 Å². The van der Waals surface area contributed by atoms with Crippen molar-refractivity contribution in [1.82, 2.24) is 13.7 Å². The molecule has 0 radical (unpaired) electrons. The summed E-state index contributed by atoms with van der Waals surface area (Å²) >= 11 is 0. The van der Waals surface area contributed by atoms with Crippen LogP contribution in [0.25, 0.3) is 16.9 Å². The maximum Gasteiger partial charge on any atom is 0.335 e. The molecule has 1 fully saturated rings. The molecule has 1 aliphatic rings. The van der Waals surface area contributed by atoms with Gasteiger partial charge in [-0.15, -0.1) is 0 Å². The van der Waals surface area contributed by atoms with Gasteiger partial charge in [-0.2, -0.15) is 0 Å². The number of hydrogen-bond acceptors (Lipinski definition) is 4. The summed E-state index contributed by atoms with van der Waals surface area (Å²) in [6.07, 6.45) is 1.86. The van der Waals surface area contributed by atoms with Crippen LogP contribution in [-0.4, -0.2) is 27.3 Å². The highest BCUT2D eigenvalue weighted by Crippen LogP contribution is 2.36. The summed E-state index contributed by atoms with van der Waals surface area (Å²) < 4.78 is 18.8. The molecule has 0 bridgehead atoms. The summed E-state index contributed by atoms with van der Waals surface area (Å²) in [7, 11) is 1.60. The molecule has 4 rings (SSSR count). The first-order chi connectivity index (χ1) is 13.0. The molecular weight excluding hydrogens is 353 g/mol. The maximum atomic E-state index is 14.4. The first-order valence-electron chi connectivity index (χ1n) is 8.16. The summed E-state index contributed by atoms with van der Waals surface area (Å²) in [4.78, 5) is 40.9. The van der Waals surface area contributed by atoms with Gasteiger partial charge < -0.3 is 9.59 Å². The molecule has 0 aliphatic heterocycles. The molecule has 142 valence electrons. The predicted octanol–water partition coefficient (Wildman–Crippen LogP) is 1.90. The standard InChI is InChI=1S/C17H16FN3O2.2CH2O/c1-10-3-6-13(12(18)9-10)21-16-14(7-8-15(22)19(16)2)20(17(21)23)11-4-5-11;2*1-2/h3,6-9,11H,4-5H2,1-2H3;2*1H2. The summed E-state index contributed by atoms with van der Waals surface area (Å²) in [5.41, 5.74) is 1.51. The lowest BCUT2D eigenvalue weighted by Gasteiger charge is -2.08. The Labute approximate surface area is 154 Å². The fraction of sp³-hybridized carbons (Fsp3) is 0.263. The first kappa shape index (κ1) is 20.0. The Bertz CT molecular complexity index is 1090. The first-order valence-corrected chi connectivity index (χ1v) is 8.16. The zero-order valence-corrected chi connectivity index (χ0v) is 15.1. The van der Waals surface area contributed by atoms with E-state index in [1.807, 2.05) is 13.6 Å². The number of rotatable bonds is 2. The molecule has 1 saturated carbocycles. The van der Waals surface area contributed by atoms with Crippen molar-refractivity contribution in [3.63, 3.8) is 0 Å². The highest BCUT2D eigenvalue weighted by atomic mass is 19.1. The van der Waals surface area contributed by atoms with E-state index in [9.17, 15) is 14.0 Å². The fourth-order valence-corrected chi connectivity index (χ4v) is 3.06. The molecule has 2 aromatic heterocycles. The van der Waals surface area contributed by atoms with Gasteiger partial charge in [-0.1, -0.05) is 6.07 Å². The van der Waals surface area contributed by atoms with Crippen molar-refractivity contribution in [2.75, 3.05) is 0 Å². The van der Waals surface area contributed by atoms with Gasteiger partial charge >= 0.3 is 5.69 Å². The van der Waals surface area contributed by atoms with Crippen LogP contribution in [-0.2, 0) is 16.6 Å². The van der Waals surface area contributed by atoms with E-state index in [1.165, 1.54) is 21.3 Å². The van der Waals surface area contributed by atoms with Crippen LogP contribution in [0.4, 0.5) is 4.39 Å². The van der Waals surface area contributed by atoms with Crippen LogP contribution in [0, 0.1) is 12.7 Å². The molecule has 1 aliphatic carbocycles. The van der Waals surface area contributed by atoms with Gasteiger partial charge in [0, 0.05) is 19.2 Å². The van der Waals surface area contributed by atoms with E-state index in [2.05, 4.69) is 0 Å². The molecule has 0 amide bonds. The number of nitrogens with zero attached hydrogens (tertiary/aromatic N) is 3. The molecule has 0 N–H and O–H groups in total. The molecule has 0 spiro atoms. The largest absolute Gasteiger partial charge is 0.335 e. The highest BCUT2D eigenvalue weighted by Gasteiger charge is 2.30. The lowest BCUT2D eigenvalue weighted by molar-refractivity contribution is -0.0987. The molecule has 7 nitrogen and oxygen atoms in total. The highest BCUT2D eigenvalue weighted by molar-refractivity contribution is 5.75. The third-order valence-corrected chi connectivity index (χ3v) is 4.39. The van der Waals surface area contributed by atoms with E-state index in [-0.39, 0.29) is 23.0 Å². The van der Waals surface area contributed by atoms with Crippen molar-refractivity contribution in [2.45, 2.75) is 25.8 Å². The molecular formula is C19H20FN3O4. The average Bonchev–Trinajstić information content (AvgIpc) is 3.46. The number of pyridine rings is 1. The minimum Gasteiger partial charge on any atom is -0.307 e. The van der Waals surface area contributed by atoms with Crippen LogP contribution in [0.15, 0.2) is 39.9 Å². The zero-order valence-electron chi connectivity index (χ0n) is 15.1. The Hall–Kier alpha value is -3.29. The van der Waals surface area contributed by atoms with Gasteiger partial charge in [0.1, 0.15) is 25.0 Å². The minimum atomic E-state index is -0.474. The lowest BCUT2D eigenvalue weighted by Crippen LogP contribution is -2.24. The quantitative estimate of drug-likeness (QED) is 0.687. The average molecular weight is 373 g/mol.